The molecule has 2 rings (SSSR count). The summed E-state index contributed by atoms with van der Waals surface area (Å²) in [7, 11) is 0. The Morgan fingerprint density at radius 1 is 0.895 bits per heavy atom. The van der Waals surface area contributed by atoms with Gasteiger partial charge in [0.15, 0.2) is 0 Å². The van der Waals surface area contributed by atoms with E-state index in [9.17, 15) is 13.2 Å². The van der Waals surface area contributed by atoms with Crippen molar-refractivity contribution < 1.29 is 13.2 Å². The molecule has 0 heterocycles. The van der Waals surface area contributed by atoms with Crippen LogP contribution >= 0.6 is 0 Å². The number of benzene rings is 2. The molecule has 0 aromatic heterocycles. The molecule has 0 spiro atoms. The Morgan fingerprint density at radius 2 is 1.63 bits per heavy atom. The maximum absolute atomic E-state index is 12.5. The first-order chi connectivity index (χ1) is 9.05. The van der Waals surface area contributed by atoms with E-state index in [-0.39, 0.29) is 15.0 Å². The predicted molar refractivity (Wildman–Crippen MR) is 70.2 cm³/mol. The molecule has 96 valence electrons. The fraction of sp³-hybridized carbons (Fsp3) is 0.0667. The molecule has 0 bridgehead atoms. The molecule has 19 heavy (non-hydrogen) atoms. The van der Waals surface area contributed by atoms with E-state index in [1.165, 1.54) is 12.1 Å². The third-order valence-electron chi connectivity index (χ3n) is 2.30. The van der Waals surface area contributed by atoms with Crippen molar-refractivity contribution in [1.82, 2.24) is 0 Å². The minimum absolute atomic E-state index is 0.281. The minimum atomic E-state index is -4.29. The summed E-state index contributed by atoms with van der Waals surface area (Å²) in [5.41, 5.74) is 0.254. The predicted octanol–water partition coefficient (Wildman–Crippen LogP) is 3.04. The summed E-state index contributed by atoms with van der Waals surface area (Å²) in [6.07, 6.45) is -4.29. The Balaban J connectivity index is 2.11. The van der Waals surface area contributed by atoms with E-state index in [0.717, 1.165) is 11.6 Å². The number of halogens is 3. The molecule has 0 unspecified atom stereocenters. The van der Waals surface area contributed by atoms with Gasteiger partial charge in [0.05, 0.1) is 0 Å². The number of rotatable bonds is 1. The SMILES string of the molecule is FC(F)(F)c1cccc([Se]C#Cc2ccccc2)c1. The van der Waals surface area contributed by atoms with Crippen LogP contribution in [-0.4, -0.2) is 15.0 Å². The Hall–Kier alpha value is -1.69. The molecular weight excluding hydrogens is 316 g/mol. The number of hydrogen-bond acceptors (Lipinski definition) is 0. The molecule has 0 atom stereocenters. The Labute approximate surface area is 115 Å². The van der Waals surface area contributed by atoms with Gasteiger partial charge in [0.1, 0.15) is 0 Å². The van der Waals surface area contributed by atoms with E-state index < -0.39 is 11.7 Å². The fourth-order valence-electron chi connectivity index (χ4n) is 1.40. The van der Waals surface area contributed by atoms with Crippen molar-refractivity contribution in [3.05, 3.63) is 65.7 Å². The van der Waals surface area contributed by atoms with Gasteiger partial charge in [-0.15, -0.1) is 0 Å². The van der Waals surface area contributed by atoms with E-state index in [0.29, 0.717) is 4.46 Å². The first kappa shape index (κ1) is 13.7. The monoisotopic (exact) mass is 326 g/mol. The van der Waals surface area contributed by atoms with Crippen LogP contribution in [0.5, 0.6) is 0 Å². The van der Waals surface area contributed by atoms with Crippen LogP contribution in [0.3, 0.4) is 0 Å². The van der Waals surface area contributed by atoms with E-state index >= 15 is 0 Å². The van der Waals surface area contributed by atoms with Crippen molar-refractivity contribution in [2.75, 3.05) is 0 Å². The van der Waals surface area contributed by atoms with Crippen molar-refractivity contribution in [3.63, 3.8) is 0 Å². The molecule has 2 aromatic carbocycles. The fourth-order valence-corrected chi connectivity index (χ4v) is 2.70. The molecule has 0 saturated carbocycles. The molecule has 0 nitrogen and oxygen atoms in total. The summed E-state index contributed by atoms with van der Waals surface area (Å²) in [5.74, 6) is 2.95. The van der Waals surface area contributed by atoms with Gasteiger partial charge >= 0.3 is 115 Å². The quantitative estimate of drug-likeness (QED) is 0.558. The summed E-state index contributed by atoms with van der Waals surface area (Å²) >= 11 is -0.281. The van der Waals surface area contributed by atoms with E-state index in [1.54, 1.807) is 6.07 Å². The molecule has 0 aliphatic heterocycles. The molecule has 0 radical (unpaired) electrons. The molecule has 0 saturated heterocycles. The Kier molecular flexibility index (Phi) is 4.31. The van der Waals surface area contributed by atoms with Gasteiger partial charge in [0.2, 0.25) is 0 Å². The zero-order valence-corrected chi connectivity index (χ0v) is 11.5. The van der Waals surface area contributed by atoms with E-state index in [4.69, 9.17) is 0 Å². The molecule has 4 heteroatoms. The summed E-state index contributed by atoms with van der Waals surface area (Å²) < 4.78 is 38.2. The molecular formula is C15H9F3Se. The third-order valence-corrected chi connectivity index (χ3v) is 3.75. The normalized spacial score (nSPS) is 10.7. The summed E-state index contributed by atoms with van der Waals surface area (Å²) in [4.78, 5) is 2.94. The first-order valence-corrected chi connectivity index (χ1v) is 7.17. The van der Waals surface area contributed by atoms with Crippen LogP contribution in [0.4, 0.5) is 13.2 Å². The molecule has 2 aromatic rings. The number of hydrogen-bond donors (Lipinski definition) is 0. The van der Waals surface area contributed by atoms with Crippen LogP contribution in [0, 0.1) is 10.7 Å². The van der Waals surface area contributed by atoms with Crippen LogP contribution in [0.15, 0.2) is 54.6 Å². The summed E-state index contributed by atoms with van der Waals surface area (Å²) in [5, 5.41) is 0. The van der Waals surface area contributed by atoms with Crippen molar-refractivity contribution in [2.24, 2.45) is 0 Å². The van der Waals surface area contributed by atoms with Gasteiger partial charge in [-0.3, -0.25) is 0 Å². The molecule has 0 fully saturated rings. The number of alkyl halides is 3. The van der Waals surface area contributed by atoms with Crippen molar-refractivity contribution in [2.45, 2.75) is 6.18 Å². The average molecular weight is 325 g/mol. The zero-order chi connectivity index (χ0) is 13.7. The van der Waals surface area contributed by atoms with Crippen molar-refractivity contribution in [3.8, 4) is 10.7 Å². The van der Waals surface area contributed by atoms with Crippen LogP contribution in [0.2, 0.25) is 0 Å². The maximum atomic E-state index is 12.5. The molecule has 0 amide bonds. The second-order valence-electron chi connectivity index (χ2n) is 3.72. The van der Waals surface area contributed by atoms with E-state index in [2.05, 4.69) is 10.7 Å². The Morgan fingerprint density at radius 3 is 2.32 bits per heavy atom. The van der Waals surface area contributed by atoms with Gasteiger partial charge in [-0.25, -0.2) is 0 Å². The molecule has 0 aliphatic carbocycles. The van der Waals surface area contributed by atoms with Crippen LogP contribution < -0.4 is 4.46 Å². The third kappa shape index (κ3) is 4.17. The van der Waals surface area contributed by atoms with Gasteiger partial charge in [0.25, 0.3) is 0 Å². The van der Waals surface area contributed by atoms with Crippen LogP contribution in [0.1, 0.15) is 11.1 Å². The van der Waals surface area contributed by atoms with E-state index in [1.807, 2.05) is 30.3 Å². The van der Waals surface area contributed by atoms with Gasteiger partial charge in [-0.1, -0.05) is 0 Å². The Bertz CT molecular complexity index is 607. The van der Waals surface area contributed by atoms with Crippen LogP contribution in [-0.2, 0) is 6.18 Å². The van der Waals surface area contributed by atoms with Gasteiger partial charge < -0.3 is 0 Å². The first-order valence-electron chi connectivity index (χ1n) is 5.46. The second kappa shape index (κ2) is 5.97. The van der Waals surface area contributed by atoms with Crippen molar-refractivity contribution >= 4 is 19.4 Å². The van der Waals surface area contributed by atoms with Gasteiger partial charge in [-0.05, 0) is 0 Å². The summed E-state index contributed by atoms with van der Waals surface area (Å²) in [6.45, 7) is 0. The van der Waals surface area contributed by atoms with Crippen molar-refractivity contribution in [1.29, 1.82) is 0 Å². The van der Waals surface area contributed by atoms with Gasteiger partial charge in [0, 0.05) is 0 Å². The van der Waals surface area contributed by atoms with Crippen LogP contribution in [0.25, 0.3) is 0 Å². The molecule has 0 aliphatic rings. The zero-order valence-electron chi connectivity index (χ0n) is 9.74. The standard InChI is InChI=1S/C15H9F3Se/c16-15(17,18)13-7-4-8-14(11-13)19-10-9-12-5-2-1-3-6-12/h1-8,11H. The molecule has 0 N–H and O–H groups in total. The average Bonchev–Trinajstić information content (AvgIpc) is 2.39. The van der Waals surface area contributed by atoms with Gasteiger partial charge in [-0.2, -0.15) is 0 Å². The topological polar surface area (TPSA) is 0 Å². The second-order valence-corrected chi connectivity index (χ2v) is 5.57. The summed E-state index contributed by atoms with van der Waals surface area (Å²) in [6, 6.07) is 14.7.